The SMILES string of the molecule is c1ccc(-c2ccc(N(c3ccc(-c4ccccc4-c4ccccc4-n4c5ccccc5c5ccccc54)cc3)c3ccc4c(ccc5ccccc54)c3)cc2)cc1. The summed E-state index contributed by atoms with van der Waals surface area (Å²) in [6.45, 7) is 0. The fourth-order valence-electron chi connectivity index (χ4n) is 8.86. The van der Waals surface area contributed by atoms with Crippen molar-refractivity contribution < 1.29 is 0 Å². The number of anilines is 3. The third-order valence-corrected chi connectivity index (χ3v) is 11.6. The molecule has 11 aromatic rings. The molecular weight excluding hydrogens is 701 g/mol. The van der Waals surface area contributed by atoms with E-state index in [-0.39, 0.29) is 0 Å². The molecule has 272 valence electrons. The van der Waals surface area contributed by atoms with Crippen LogP contribution in [-0.2, 0) is 0 Å². The van der Waals surface area contributed by atoms with E-state index in [1.165, 1.54) is 76.7 Å². The molecule has 1 heterocycles. The van der Waals surface area contributed by atoms with Gasteiger partial charge in [-0.3, -0.25) is 0 Å². The largest absolute Gasteiger partial charge is 0.310 e. The maximum Gasteiger partial charge on any atom is 0.0541 e. The maximum atomic E-state index is 2.42. The van der Waals surface area contributed by atoms with Gasteiger partial charge >= 0.3 is 0 Å². The molecule has 0 N–H and O–H groups in total. The predicted octanol–water partition coefficient (Wildman–Crippen LogP) is 15.6. The summed E-state index contributed by atoms with van der Waals surface area (Å²) in [6.07, 6.45) is 0. The average molecular weight is 739 g/mol. The first-order chi connectivity index (χ1) is 28.8. The molecule has 0 amide bonds. The lowest BCUT2D eigenvalue weighted by Gasteiger charge is -2.26. The van der Waals surface area contributed by atoms with Gasteiger partial charge in [0.2, 0.25) is 0 Å². The summed E-state index contributed by atoms with van der Waals surface area (Å²) < 4.78 is 2.42. The monoisotopic (exact) mass is 738 g/mol. The van der Waals surface area contributed by atoms with Gasteiger partial charge in [0.1, 0.15) is 0 Å². The summed E-state index contributed by atoms with van der Waals surface area (Å²) in [5, 5.41) is 7.52. The summed E-state index contributed by atoms with van der Waals surface area (Å²) in [4.78, 5) is 2.37. The molecule has 58 heavy (non-hydrogen) atoms. The first kappa shape index (κ1) is 33.6. The van der Waals surface area contributed by atoms with Gasteiger partial charge in [0.05, 0.1) is 16.7 Å². The lowest BCUT2D eigenvalue weighted by molar-refractivity contribution is 1.18. The average Bonchev–Trinajstić information content (AvgIpc) is 3.64. The topological polar surface area (TPSA) is 8.17 Å². The van der Waals surface area contributed by atoms with E-state index in [1.54, 1.807) is 0 Å². The van der Waals surface area contributed by atoms with Crippen molar-refractivity contribution in [2.45, 2.75) is 0 Å². The highest BCUT2D eigenvalue weighted by atomic mass is 15.1. The van der Waals surface area contributed by atoms with E-state index in [1.807, 2.05) is 0 Å². The zero-order chi connectivity index (χ0) is 38.4. The molecule has 0 aliphatic carbocycles. The molecule has 10 aromatic carbocycles. The quantitative estimate of drug-likeness (QED) is 0.148. The fourth-order valence-corrected chi connectivity index (χ4v) is 8.86. The van der Waals surface area contributed by atoms with Crippen molar-refractivity contribution in [3.05, 3.63) is 231 Å². The number of hydrogen-bond donors (Lipinski definition) is 0. The highest BCUT2D eigenvalue weighted by Crippen LogP contribution is 2.42. The van der Waals surface area contributed by atoms with Gasteiger partial charge in [-0.25, -0.2) is 0 Å². The number of para-hydroxylation sites is 3. The van der Waals surface area contributed by atoms with Crippen LogP contribution < -0.4 is 4.90 Å². The van der Waals surface area contributed by atoms with Crippen molar-refractivity contribution in [3.63, 3.8) is 0 Å². The summed E-state index contributed by atoms with van der Waals surface area (Å²) in [5.74, 6) is 0. The van der Waals surface area contributed by atoms with Gasteiger partial charge in [0.15, 0.2) is 0 Å². The van der Waals surface area contributed by atoms with Crippen LogP contribution >= 0.6 is 0 Å². The molecule has 0 aliphatic rings. The Kier molecular flexibility index (Phi) is 8.19. The van der Waals surface area contributed by atoms with Gasteiger partial charge in [0, 0.05) is 33.4 Å². The van der Waals surface area contributed by atoms with Gasteiger partial charge in [0.25, 0.3) is 0 Å². The summed E-state index contributed by atoms with van der Waals surface area (Å²) in [5.41, 5.74) is 14.0. The fraction of sp³-hybridized carbons (Fsp3) is 0. The van der Waals surface area contributed by atoms with Crippen LogP contribution in [0, 0.1) is 0 Å². The number of fused-ring (bicyclic) bond motifs is 6. The summed E-state index contributed by atoms with van der Waals surface area (Å²) >= 11 is 0. The molecule has 1 aromatic heterocycles. The Labute approximate surface area is 338 Å². The number of aromatic nitrogens is 1. The molecule has 0 bridgehead atoms. The van der Waals surface area contributed by atoms with Crippen LogP contribution in [0.4, 0.5) is 17.1 Å². The Morgan fingerprint density at radius 1 is 0.276 bits per heavy atom. The summed E-state index contributed by atoms with van der Waals surface area (Å²) in [7, 11) is 0. The molecule has 0 atom stereocenters. The van der Waals surface area contributed by atoms with Gasteiger partial charge in [-0.2, -0.15) is 0 Å². The Hall–Kier alpha value is -7.68. The second-order valence-corrected chi connectivity index (χ2v) is 14.9. The molecule has 0 radical (unpaired) electrons. The summed E-state index contributed by atoms with van der Waals surface area (Å²) in [6, 6.07) is 83.6. The number of nitrogens with zero attached hydrogens (tertiary/aromatic N) is 2. The van der Waals surface area contributed by atoms with Crippen molar-refractivity contribution in [1.82, 2.24) is 4.57 Å². The minimum Gasteiger partial charge on any atom is -0.310 e. The molecule has 0 saturated carbocycles. The standard InChI is InChI=1S/C56H38N2/c1-2-14-39(15-3-1)40-28-32-44(33-29-40)57(46-36-37-49-43(38-46)27-26-41-16-4-5-17-47(41)49)45-34-30-42(31-35-45)48-18-6-7-19-50(48)51-20-8-11-23-54(51)58-55-24-12-9-21-52(55)53-22-10-13-25-56(53)58/h1-38H. The Bertz CT molecular complexity index is 3210. The smallest absolute Gasteiger partial charge is 0.0541 e. The van der Waals surface area contributed by atoms with Crippen LogP contribution in [0.2, 0.25) is 0 Å². The van der Waals surface area contributed by atoms with Crippen LogP contribution in [0.1, 0.15) is 0 Å². The Morgan fingerprint density at radius 3 is 1.47 bits per heavy atom. The Morgan fingerprint density at radius 2 is 0.759 bits per heavy atom. The van der Waals surface area contributed by atoms with E-state index in [0.29, 0.717) is 0 Å². The van der Waals surface area contributed by atoms with E-state index in [2.05, 4.69) is 240 Å². The lowest BCUT2D eigenvalue weighted by Crippen LogP contribution is -2.10. The molecule has 2 nitrogen and oxygen atoms in total. The first-order valence-electron chi connectivity index (χ1n) is 19.9. The van der Waals surface area contributed by atoms with Crippen molar-refractivity contribution >= 4 is 60.4 Å². The predicted molar refractivity (Wildman–Crippen MR) is 247 cm³/mol. The lowest BCUT2D eigenvalue weighted by atomic mass is 9.93. The van der Waals surface area contributed by atoms with Crippen LogP contribution in [-0.4, -0.2) is 4.57 Å². The van der Waals surface area contributed by atoms with Crippen LogP contribution in [0.3, 0.4) is 0 Å². The van der Waals surface area contributed by atoms with Gasteiger partial charge in [-0.05, 0) is 104 Å². The Balaban J connectivity index is 1.02. The van der Waals surface area contributed by atoms with E-state index in [4.69, 9.17) is 0 Å². The molecule has 0 spiro atoms. The van der Waals surface area contributed by atoms with Crippen molar-refractivity contribution in [3.8, 4) is 39.1 Å². The zero-order valence-corrected chi connectivity index (χ0v) is 31.8. The number of rotatable bonds is 7. The normalized spacial score (nSPS) is 11.4. The maximum absolute atomic E-state index is 2.42. The zero-order valence-electron chi connectivity index (χ0n) is 31.8. The second kappa shape index (κ2) is 14.1. The second-order valence-electron chi connectivity index (χ2n) is 14.9. The van der Waals surface area contributed by atoms with E-state index in [0.717, 1.165) is 22.7 Å². The van der Waals surface area contributed by atoms with E-state index >= 15 is 0 Å². The van der Waals surface area contributed by atoms with Gasteiger partial charge in [-0.15, -0.1) is 0 Å². The van der Waals surface area contributed by atoms with Crippen molar-refractivity contribution in [2.24, 2.45) is 0 Å². The third kappa shape index (κ3) is 5.74. The number of hydrogen-bond acceptors (Lipinski definition) is 1. The molecule has 0 unspecified atom stereocenters. The van der Waals surface area contributed by atoms with Crippen molar-refractivity contribution in [2.75, 3.05) is 4.90 Å². The minimum atomic E-state index is 1.10. The molecule has 2 heteroatoms. The van der Waals surface area contributed by atoms with Crippen molar-refractivity contribution in [1.29, 1.82) is 0 Å². The molecule has 11 rings (SSSR count). The van der Waals surface area contributed by atoms with Gasteiger partial charge < -0.3 is 9.47 Å². The van der Waals surface area contributed by atoms with Gasteiger partial charge in [-0.1, -0.05) is 176 Å². The molecule has 0 saturated heterocycles. The van der Waals surface area contributed by atoms with E-state index < -0.39 is 0 Å². The highest BCUT2D eigenvalue weighted by molar-refractivity contribution is 6.10. The minimum absolute atomic E-state index is 1.10. The molecule has 0 fully saturated rings. The van der Waals surface area contributed by atoms with Crippen LogP contribution in [0.15, 0.2) is 231 Å². The first-order valence-corrected chi connectivity index (χ1v) is 19.9. The number of benzene rings is 10. The molecular formula is C56H38N2. The molecule has 0 aliphatic heterocycles. The van der Waals surface area contributed by atoms with Crippen LogP contribution in [0.25, 0.3) is 82.4 Å². The van der Waals surface area contributed by atoms with Crippen LogP contribution in [0.5, 0.6) is 0 Å². The third-order valence-electron chi connectivity index (χ3n) is 11.6. The van der Waals surface area contributed by atoms with E-state index in [9.17, 15) is 0 Å². The highest BCUT2D eigenvalue weighted by Gasteiger charge is 2.19.